The Hall–Kier alpha value is -3.05. The number of ketones is 1. The zero-order valence-electron chi connectivity index (χ0n) is 22.2. The van der Waals surface area contributed by atoms with E-state index in [9.17, 15) is 19.1 Å². The number of aldehydes is 1. The van der Waals surface area contributed by atoms with Crippen LogP contribution >= 0.6 is 0 Å². The average molecular weight is 494 g/mol. The summed E-state index contributed by atoms with van der Waals surface area (Å²) in [6.07, 6.45) is 3.73. The summed E-state index contributed by atoms with van der Waals surface area (Å²) in [7, 11) is 0. The highest BCUT2D eigenvalue weighted by atomic mass is 19.1. The van der Waals surface area contributed by atoms with Gasteiger partial charge >= 0.3 is 0 Å². The summed E-state index contributed by atoms with van der Waals surface area (Å²) >= 11 is 0. The molecule has 0 aliphatic rings. The van der Waals surface area contributed by atoms with Crippen LogP contribution < -0.4 is 0 Å². The normalized spacial score (nSPS) is 14.3. The third-order valence-corrected chi connectivity index (χ3v) is 6.42. The van der Waals surface area contributed by atoms with Crippen molar-refractivity contribution in [1.29, 1.82) is 0 Å². The number of halogens is 1. The molecule has 2 rings (SSSR count). The van der Waals surface area contributed by atoms with Gasteiger partial charge in [-0.1, -0.05) is 58.0 Å². The van der Waals surface area contributed by atoms with Gasteiger partial charge in [-0.15, -0.1) is 0 Å². The summed E-state index contributed by atoms with van der Waals surface area (Å²) in [5.74, 6) is 0.00883. The van der Waals surface area contributed by atoms with E-state index in [0.29, 0.717) is 32.2 Å². The number of allylic oxidation sites excluding steroid dienone is 3. The molecular formula is C31H40FNO3. The minimum atomic E-state index is -0.594. The van der Waals surface area contributed by atoms with Crippen LogP contribution in [0, 0.1) is 17.7 Å². The van der Waals surface area contributed by atoms with Crippen molar-refractivity contribution < 1.29 is 19.1 Å². The van der Waals surface area contributed by atoms with E-state index in [1.807, 2.05) is 65.0 Å². The fraction of sp³-hybridized carbons (Fsp3) is 0.419. The van der Waals surface area contributed by atoms with Crippen LogP contribution in [0.2, 0.25) is 0 Å². The SMILES string of the molecule is CCC(=O)CC(C)CC(O)CCN(/C(=C/C=O)C(C)C)/C(=C(\C)c1ccccc1)c1ccc(F)cc1. The van der Waals surface area contributed by atoms with Crippen molar-refractivity contribution in [1.82, 2.24) is 4.90 Å². The minimum absolute atomic E-state index is 0.0347. The number of hydrogen-bond donors (Lipinski definition) is 1. The number of carbonyl (C=O) groups is 2. The van der Waals surface area contributed by atoms with E-state index >= 15 is 0 Å². The van der Waals surface area contributed by atoms with Gasteiger partial charge in [-0.3, -0.25) is 9.59 Å². The molecule has 0 heterocycles. The Labute approximate surface area is 215 Å². The molecule has 0 radical (unpaired) electrons. The maximum absolute atomic E-state index is 13.8. The highest BCUT2D eigenvalue weighted by Gasteiger charge is 2.23. The van der Waals surface area contributed by atoms with E-state index in [1.165, 1.54) is 12.1 Å². The Morgan fingerprint density at radius 3 is 2.22 bits per heavy atom. The molecule has 0 bridgehead atoms. The Balaban J connectivity index is 2.51. The number of aliphatic hydroxyl groups excluding tert-OH is 1. The smallest absolute Gasteiger partial charge is 0.144 e. The van der Waals surface area contributed by atoms with Crippen molar-refractivity contribution in [2.75, 3.05) is 6.54 Å². The maximum Gasteiger partial charge on any atom is 0.144 e. The fourth-order valence-electron chi connectivity index (χ4n) is 4.52. The molecule has 1 N–H and O–H groups in total. The summed E-state index contributed by atoms with van der Waals surface area (Å²) in [4.78, 5) is 25.5. The third-order valence-electron chi connectivity index (χ3n) is 6.42. The first-order chi connectivity index (χ1) is 17.2. The topological polar surface area (TPSA) is 57.6 Å². The minimum Gasteiger partial charge on any atom is -0.393 e. The molecule has 0 aliphatic heterocycles. The predicted molar refractivity (Wildman–Crippen MR) is 145 cm³/mol. The third kappa shape index (κ3) is 8.56. The number of Topliss-reactive ketones (excluding diaryl/α,β-unsaturated/α-hetero) is 1. The van der Waals surface area contributed by atoms with Crippen LogP contribution in [-0.4, -0.2) is 34.7 Å². The molecule has 2 atom stereocenters. The Morgan fingerprint density at radius 1 is 1.03 bits per heavy atom. The summed E-state index contributed by atoms with van der Waals surface area (Å²) in [6, 6.07) is 16.3. The van der Waals surface area contributed by atoms with Crippen molar-refractivity contribution >= 4 is 23.3 Å². The molecule has 0 spiro atoms. The van der Waals surface area contributed by atoms with Gasteiger partial charge < -0.3 is 10.0 Å². The van der Waals surface area contributed by atoms with Gasteiger partial charge in [0.05, 0.1) is 11.8 Å². The Bertz CT molecular complexity index is 1040. The van der Waals surface area contributed by atoms with Crippen LogP contribution in [0.3, 0.4) is 0 Å². The second-order valence-electron chi connectivity index (χ2n) is 9.76. The van der Waals surface area contributed by atoms with Crippen molar-refractivity contribution in [3.05, 3.63) is 83.3 Å². The largest absolute Gasteiger partial charge is 0.393 e. The molecule has 194 valence electrons. The van der Waals surface area contributed by atoms with Gasteiger partial charge in [-0.25, -0.2) is 4.39 Å². The van der Waals surface area contributed by atoms with E-state index in [1.54, 1.807) is 18.2 Å². The lowest BCUT2D eigenvalue weighted by molar-refractivity contribution is -0.119. The molecule has 0 fully saturated rings. The monoisotopic (exact) mass is 493 g/mol. The van der Waals surface area contributed by atoms with Gasteiger partial charge in [-0.2, -0.15) is 0 Å². The standard InChI is InChI=1S/C31H40FNO3/c1-6-28(35)20-23(4)21-29(36)16-18-33(30(17-19-34)22(2)3)31(26-12-14-27(32)15-13-26)24(5)25-10-8-7-9-11-25/h7-15,17,19,22-23,29,36H,6,16,18,20-21H2,1-5H3/b30-17+,31-24+. The summed E-state index contributed by atoms with van der Waals surface area (Å²) in [5, 5.41) is 10.9. The average Bonchev–Trinajstić information content (AvgIpc) is 2.86. The number of aliphatic hydroxyl groups is 1. The molecule has 2 aromatic rings. The molecule has 4 nitrogen and oxygen atoms in total. The highest BCUT2D eigenvalue weighted by Crippen LogP contribution is 2.34. The maximum atomic E-state index is 13.8. The van der Waals surface area contributed by atoms with Crippen LogP contribution in [0.25, 0.3) is 11.3 Å². The molecule has 0 amide bonds. The van der Waals surface area contributed by atoms with Crippen molar-refractivity contribution in [3.63, 3.8) is 0 Å². The zero-order valence-corrected chi connectivity index (χ0v) is 22.2. The van der Waals surface area contributed by atoms with E-state index in [0.717, 1.165) is 34.4 Å². The lowest BCUT2D eigenvalue weighted by Gasteiger charge is -2.34. The van der Waals surface area contributed by atoms with Crippen molar-refractivity contribution in [2.24, 2.45) is 11.8 Å². The molecule has 2 unspecified atom stereocenters. The number of nitrogens with zero attached hydrogens (tertiary/aromatic N) is 1. The van der Waals surface area contributed by atoms with Gasteiger partial charge in [-0.05, 0) is 78.6 Å². The molecule has 36 heavy (non-hydrogen) atoms. The first kappa shape index (κ1) is 29.2. The number of hydrogen-bond acceptors (Lipinski definition) is 4. The van der Waals surface area contributed by atoms with Crippen LogP contribution in [0.15, 0.2) is 66.4 Å². The van der Waals surface area contributed by atoms with Crippen LogP contribution in [0.4, 0.5) is 4.39 Å². The van der Waals surface area contributed by atoms with E-state index < -0.39 is 6.10 Å². The lowest BCUT2D eigenvalue weighted by atomic mass is 9.94. The Morgan fingerprint density at radius 2 is 1.67 bits per heavy atom. The van der Waals surface area contributed by atoms with E-state index in [2.05, 4.69) is 4.90 Å². The van der Waals surface area contributed by atoms with Gasteiger partial charge in [0.15, 0.2) is 0 Å². The zero-order chi connectivity index (χ0) is 26.7. The molecular weight excluding hydrogens is 453 g/mol. The molecule has 0 saturated carbocycles. The number of carbonyl (C=O) groups excluding carboxylic acids is 2. The molecule has 2 aromatic carbocycles. The van der Waals surface area contributed by atoms with Gasteiger partial charge in [0.25, 0.3) is 0 Å². The molecule has 0 aliphatic carbocycles. The van der Waals surface area contributed by atoms with Crippen molar-refractivity contribution in [2.45, 2.75) is 66.4 Å². The predicted octanol–water partition coefficient (Wildman–Crippen LogP) is 6.90. The molecule has 0 aromatic heterocycles. The Kier molecular flexibility index (Phi) is 11.7. The highest BCUT2D eigenvalue weighted by molar-refractivity contribution is 5.90. The fourth-order valence-corrected chi connectivity index (χ4v) is 4.52. The summed E-state index contributed by atoms with van der Waals surface area (Å²) in [6.45, 7) is 10.4. The van der Waals surface area contributed by atoms with Crippen LogP contribution in [0.5, 0.6) is 0 Å². The van der Waals surface area contributed by atoms with E-state index in [4.69, 9.17) is 0 Å². The van der Waals surface area contributed by atoms with Crippen LogP contribution in [-0.2, 0) is 9.59 Å². The van der Waals surface area contributed by atoms with Crippen molar-refractivity contribution in [3.8, 4) is 0 Å². The van der Waals surface area contributed by atoms with Crippen LogP contribution in [0.1, 0.15) is 71.4 Å². The summed E-state index contributed by atoms with van der Waals surface area (Å²) in [5.41, 5.74) is 4.51. The second kappa shape index (κ2) is 14.5. The van der Waals surface area contributed by atoms with Gasteiger partial charge in [0, 0.05) is 25.1 Å². The number of benzene rings is 2. The number of rotatable bonds is 14. The van der Waals surface area contributed by atoms with E-state index in [-0.39, 0.29) is 23.4 Å². The molecule has 5 heteroatoms. The first-order valence-electron chi connectivity index (χ1n) is 12.8. The quantitative estimate of drug-likeness (QED) is 0.177. The van der Waals surface area contributed by atoms with Gasteiger partial charge in [0.2, 0.25) is 0 Å². The first-order valence-corrected chi connectivity index (χ1v) is 12.8. The second-order valence-corrected chi connectivity index (χ2v) is 9.76. The van der Waals surface area contributed by atoms with Gasteiger partial charge in [0.1, 0.15) is 17.9 Å². The lowest BCUT2D eigenvalue weighted by Crippen LogP contribution is -2.29. The summed E-state index contributed by atoms with van der Waals surface area (Å²) < 4.78 is 13.8. The molecule has 0 saturated heterocycles.